The van der Waals surface area contributed by atoms with Gasteiger partial charge in [0.2, 0.25) is 0 Å². The van der Waals surface area contributed by atoms with Gasteiger partial charge >= 0.3 is 5.97 Å². The van der Waals surface area contributed by atoms with E-state index in [1.165, 1.54) is 11.3 Å². The first kappa shape index (κ1) is 15.0. The molecular weight excluding hydrogens is 274 g/mol. The number of carbonyl (C=O) groups excluding carboxylic acids is 1. The molecule has 2 unspecified atom stereocenters. The molecule has 0 bridgehead atoms. The van der Waals surface area contributed by atoms with E-state index in [-0.39, 0.29) is 5.91 Å². The SMILES string of the molecule is Cc1cc(C(=O)NC2(C)CCCCC2C(=O)O)sc1C. The number of hydrogen-bond acceptors (Lipinski definition) is 3. The molecule has 0 aliphatic heterocycles. The Morgan fingerprint density at radius 1 is 1.40 bits per heavy atom. The molecule has 2 N–H and O–H groups in total. The third-order valence-electron chi connectivity index (χ3n) is 4.29. The van der Waals surface area contributed by atoms with Crippen LogP contribution in [-0.4, -0.2) is 22.5 Å². The quantitative estimate of drug-likeness (QED) is 0.900. The van der Waals surface area contributed by atoms with E-state index >= 15 is 0 Å². The summed E-state index contributed by atoms with van der Waals surface area (Å²) in [5, 5.41) is 12.3. The minimum atomic E-state index is -0.814. The lowest BCUT2D eigenvalue weighted by Gasteiger charge is -2.39. The number of thiophene rings is 1. The third-order valence-corrected chi connectivity index (χ3v) is 5.45. The number of aryl methyl sites for hydroxylation is 2. The molecule has 2 atom stereocenters. The Morgan fingerprint density at radius 2 is 2.10 bits per heavy atom. The van der Waals surface area contributed by atoms with Crippen molar-refractivity contribution < 1.29 is 14.7 Å². The van der Waals surface area contributed by atoms with Crippen LogP contribution in [0, 0.1) is 19.8 Å². The normalized spacial score (nSPS) is 26.2. The van der Waals surface area contributed by atoms with E-state index in [1.54, 1.807) is 0 Å². The Kier molecular flexibility index (Phi) is 4.18. The van der Waals surface area contributed by atoms with Crippen LogP contribution in [0.15, 0.2) is 6.07 Å². The summed E-state index contributed by atoms with van der Waals surface area (Å²) in [5.41, 5.74) is 0.455. The first-order chi connectivity index (χ1) is 9.33. The van der Waals surface area contributed by atoms with Crippen LogP contribution >= 0.6 is 11.3 Å². The Bertz CT molecular complexity index is 518. The Labute approximate surface area is 123 Å². The molecular formula is C15H21NO3S. The molecule has 1 aromatic heterocycles. The molecule has 1 amide bonds. The van der Waals surface area contributed by atoms with Gasteiger partial charge in [-0.3, -0.25) is 9.59 Å². The predicted molar refractivity (Wildman–Crippen MR) is 79.3 cm³/mol. The highest BCUT2D eigenvalue weighted by Gasteiger charge is 2.42. The second kappa shape index (κ2) is 5.56. The van der Waals surface area contributed by atoms with Crippen molar-refractivity contribution in [2.75, 3.05) is 0 Å². The molecule has 1 aromatic rings. The molecule has 0 radical (unpaired) electrons. The fourth-order valence-electron chi connectivity index (χ4n) is 2.89. The Hall–Kier alpha value is -1.36. The highest BCUT2D eigenvalue weighted by molar-refractivity contribution is 7.14. The van der Waals surface area contributed by atoms with E-state index < -0.39 is 17.4 Å². The molecule has 1 fully saturated rings. The van der Waals surface area contributed by atoms with Gasteiger partial charge in [0.25, 0.3) is 5.91 Å². The van der Waals surface area contributed by atoms with Crippen LogP contribution in [0.5, 0.6) is 0 Å². The number of aliphatic carboxylic acids is 1. The van der Waals surface area contributed by atoms with Crippen LogP contribution in [0.4, 0.5) is 0 Å². The van der Waals surface area contributed by atoms with Crippen LogP contribution in [0.2, 0.25) is 0 Å². The third kappa shape index (κ3) is 2.87. The minimum absolute atomic E-state index is 0.151. The van der Waals surface area contributed by atoms with Crippen molar-refractivity contribution in [3.63, 3.8) is 0 Å². The summed E-state index contributed by atoms with van der Waals surface area (Å²) in [6, 6.07) is 1.87. The van der Waals surface area contributed by atoms with E-state index in [0.29, 0.717) is 11.3 Å². The lowest BCUT2D eigenvalue weighted by Crippen LogP contribution is -2.55. The maximum Gasteiger partial charge on any atom is 0.308 e. The monoisotopic (exact) mass is 295 g/mol. The first-order valence-electron chi connectivity index (χ1n) is 6.96. The average Bonchev–Trinajstić information content (AvgIpc) is 2.69. The largest absolute Gasteiger partial charge is 0.481 e. The second-order valence-electron chi connectivity index (χ2n) is 5.86. The van der Waals surface area contributed by atoms with E-state index in [4.69, 9.17) is 0 Å². The molecule has 1 heterocycles. The summed E-state index contributed by atoms with van der Waals surface area (Å²) in [6.45, 7) is 5.82. The van der Waals surface area contributed by atoms with Crippen LogP contribution in [-0.2, 0) is 4.79 Å². The van der Waals surface area contributed by atoms with E-state index in [9.17, 15) is 14.7 Å². The van der Waals surface area contributed by atoms with Crippen LogP contribution < -0.4 is 5.32 Å². The summed E-state index contributed by atoms with van der Waals surface area (Å²) >= 11 is 1.46. The van der Waals surface area contributed by atoms with Gasteiger partial charge in [-0.05, 0) is 45.2 Å². The summed E-state index contributed by atoms with van der Waals surface area (Å²) in [6.07, 6.45) is 3.23. The Balaban J connectivity index is 2.17. The average molecular weight is 295 g/mol. The molecule has 1 aliphatic rings. The molecule has 0 spiro atoms. The van der Waals surface area contributed by atoms with E-state index in [2.05, 4.69) is 5.32 Å². The fourth-order valence-corrected chi connectivity index (χ4v) is 3.81. The summed E-state index contributed by atoms with van der Waals surface area (Å²) in [7, 11) is 0. The van der Waals surface area contributed by atoms with Gasteiger partial charge in [0.15, 0.2) is 0 Å². The lowest BCUT2D eigenvalue weighted by atomic mass is 9.74. The molecule has 1 saturated carbocycles. The van der Waals surface area contributed by atoms with Gasteiger partial charge < -0.3 is 10.4 Å². The molecule has 20 heavy (non-hydrogen) atoms. The zero-order chi connectivity index (χ0) is 14.9. The zero-order valence-electron chi connectivity index (χ0n) is 12.2. The number of nitrogens with one attached hydrogen (secondary N) is 1. The van der Waals surface area contributed by atoms with Crippen molar-refractivity contribution in [3.8, 4) is 0 Å². The second-order valence-corrected chi connectivity index (χ2v) is 7.11. The molecule has 4 nitrogen and oxygen atoms in total. The van der Waals surface area contributed by atoms with Gasteiger partial charge in [0.1, 0.15) is 0 Å². The molecule has 0 saturated heterocycles. The van der Waals surface area contributed by atoms with Crippen LogP contribution in [0.1, 0.15) is 52.7 Å². The molecule has 1 aliphatic carbocycles. The fraction of sp³-hybridized carbons (Fsp3) is 0.600. The lowest BCUT2D eigenvalue weighted by molar-refractivity contribution is -0.145. The van der Waals surface area contributed by atoms with Gasteiger partial charge in [-0.1, -0.05) is 12.8 Å². The topological polar surface area (TPSA) is 66.4 Å². The molecule has 110 valence electrons. The molecule has 2 rings (SSSR count). The minimum Gasteiger partial charge on any atom is -0.481 e. The van der Waals surface area contributed by atoms with E-state index in [0.717, 1.165) is 29.7 Å². The van der Waals surface area contributed by atoms with Crippen molar-refractivity contribution in [1.29, 1.82) is 0 Å². The highest BCUT2D eigenvalue weighted by Crippen LogP contribution is 2.34. The number of carboxylic acid groups (broad SMARTS) is 1. The smallest absolute Gasteiger partial charge is 0.308 e. The standard InChI is InChI=1S/C15H21NO3S/c1-9-8-12(20-10(9)2)13(17)16-15(3)7-5-4-6-11(15)14(18)19/h8,11H,4-7H2,1-3H3,(H,16,17)(H,18,19). The van der Waals surface area contributed by atoms with Crippen molar-refractivity contribution in [1.82, 2.24) is 5.32 Å². The van der Waals surface area contributed by atoms with Crippen molar-refractivity contribution >= 4 is 23.2 Å². The first-order valence-corrected chi connectivity index (χ1v) is 7.77. The molecule has 0 aromatic carbocycles. The van der Waals surface area contributed by atoms with Gasteiger partial charge in [0.05, 0.1) is 16.3 Å². The number of amides is 1. The van der Waals surface area contributed by atoms with Gasteiger partial charge in [-0.15, -0.1) is 11.3 Å². The summed E-state index contributed by atoms with van der Waals surface area (Å²) < 4.78 is 0. The van der Waals surface area contributed by atoms with Gasteiger partial charge in [-0.25, -0.2) is 0 Å². The summed E-state index contributed by atoms with van der Waals surface area (Å²) in [5.74, 6) is -1.46. The maximum atomic E-state index is 12.4. The number of carboxylic acids is 1. The highest BCUT2D eigenvalue weighted by atomic mass is 32.1. The van der Waals surface area contributed by atoms with Crippen LogP contribution in [0.3, 0.4) is 0 Å². The summed E-state index contributed by atoms with van der Waals surface area (Å²) in [4.78, 5) is 25.5. The van der Waals surface area contributed by atoms with Gasteiger partial charge in [-0.2, -0.15) is 0 Å². The zero-order valence-corrected chi connectivity index (χ0v) is 13.0. The Morgan fingerprint density at radius 3 is 2.65 bits per heavy atom. The van der Waals surface area contributed by atoms with Crippen molar-refractivity contribution in [2.45, 2.75) is 52.0 Å². The van der Waals surface area contributed by atoms with Gasteiger partial charge in [0, 0.05) is 4.88 Å². The molecule has 5 heteroatoms. The van der Waals surface area contributed by atoms with E-state index in [1.807, 2.05) is 26.8 Å². The number of carbonyl (C=O) groups is 2. The van der Waals surface area contributed by atoms with Crippen molar-refractivity contribution in [2.24, 2.45) is 5.92 Å². The number of hydrogen-bond donors (Lipinski definition) is 2. The van der Waals surface area contributed by atoms with Crippen LogP contribution in [0.25, 0.3) is 0 Å². The number of rotatable bonds is 3. The predicted octanol–water partition coefficient (Wildman–Crippen LogP) is 3.13. The maximum absolute atomic E-state index is 12.4. The van der Waals surface area contributed by atoms with Crippen molar-refractivity contribution in [3.05, 3.63) is 21.4 Å².